The Labute approximate surface area is 109 Å². The van der Waals surface area contributed by atoms with E-state index in [1.165, 1.54) is 0 Å². The lowest BCUT2D eigenvalue weighted by atomic mass is 9.84. The largest absolute Gasteiger partial charge is 0.349 e. The first-order chi connectivity index (χ1) is 8.44. The highest BCUT2D eigenvalue weighted by Crippen LogP contribution is 2.25. The zero-order valence-corrected chi connectivity index (χ0v) is 11.5. The molecule has 0 saturated heterocycles. The van der Waals surface area contributed by atoms with Crippen LogP contribution in [0.4, 0.5) is 0 Å². The summed E-state index contributed by atoms with van der Waals surface area (Å²) in [5.41, 5.74) is 6.68. The predicted molar refractivity (Wildman–Crippen MR) is 71.8 cm³/mol. The molecule has 1 aromatic heterocycles. The van der Waals surface area contributed by atoms with Gasteiger partial charge in [-0.05, 0) is 31.7 Å². The van der Waals surface area contributed by atoms with E-state index in [9.17, 15) is 4.79 Å². The molecule has 0 bridgehead atoms. The van der Waals surface area contributed by atoms with Gasteiger partial charge in [0.25, 0.3) is 0 Å². The van der Waals surface area contributed by atoms with Gasteiger partial charge >= 0.3 is 0 Å². The van der Waals surface area contributed by atoms with Gasteiger partial charge < -0.3 is 11.1 Å². The molecule has 0 aromatic carbocycles. The van der Waals surface area contributed by atoms with Crippen LogP contribution in [0.25, 0.3) is 0 Å². The average molecular weight is 252 g/mol. The molecule has 0 saturated carbocycles. The maximum absolute atomic E-state index is 11.8. The van der Waals surface area contributed by atoms with Crippen LogP contribution in [0.5, 0.6) is 0 Å². The molecule has 1 rings (SSSR count). The van der Waals surface area contributed by atoms with Gasteiger partial charge in [0, 0.05) is 18.2 Å². The van der Waals surface area contributed by atoms with E-state index in [0.29, 0.717) is 13.0 Å². The van der Waals surface area contributed by atoms with Crippen LogP contribution < -0.4 is 11.1 Å². The quantitative estimate of drug-likeness (QED) is 0.691. The lowest BCUT2D eigenvalue weighted by Gasteiger charge is -2.23. The lowest BCUT2D eigenvalue weighted by Crippen LogP contribution is -2.28. The van der Waals surface area contributed by atoms with Crippen LogP contribution in [0.15, 0.2) is 12.4 Å². The van der Waals surface area contributed by atoms with E-state index in [1.807, 2.05) is 6.92 Å². The van der Waals surface area contributed by atoms with E-state index in [1.54, 1.807) is 12.4 Å². The fourth-order valence-corrected chi connectivity index (χ4v) is 1.86. The van der Waals surface area contributed by atoms with Gasteiger partial charge in [-0.2, -0.15) is 5.10 Å². The molecule has 102 valence electrons. The van der Waals surface area contributed by atoms with Crippen molar-refractivity contribution in [2.75, 3.05) is 6.54 Å². The first-order valence-electron chi connectivity index (χ1n) is 6.43. The molecule has 0 fully saturated rings. The highest BCUT2D eigenvalue weighted by Gasteiger charge is 2.19. The number of aromatic amines is 1. The third kappa shape index (κ3) is 4.87. The van der Waals surface area contributed by atoms with Crippen molar-refractivity contribution < 1.29 is 4.79 Å². The molecule has 0 aliphatic carbocycles. The van der Waals surface area contributed by atoms with Crippen molar-refractivity contribution in [1.82, 2.24) is 15.5 Å². The van der Waals surface area contributed by atoms with Crippen LogP contribution in [0.2, 0.25) is 0 Å². The second-order valence-corrected chi connectivity index (χ2v) is 5.52. The molecule has 0 spiro atoms. The second kappa shape index (κ2) is 6.54. The topological polar surface area (TPSA) is 83.8 Å². The van der Waals surface area contributed by atoms with Crippen molar-refractivity contribution in [3.8, 4) is 0 Å². The molecular formula is C13H24N4O. The summed E-state index contributed by atoms with van der Waals surface area (Å²) in [6.45, 7) is 6.91. The van der Waals surface area contributed by atoms with Gasteiger partial charge in [0.05, 0.1) is 12.2 Å². The van der Waals surface area contributed by atoms with Gasteiger partial charge in [-0.15, -0.1) is 0 Å². The monoisotopic (exact) mass is 252 g/mol. The van der Waals surface area contributed by atoms with E-state index in [0.717, 1.165) is 18.4 Å². The Bertz CT molecular complexity index is 359. The van der Waals surface area contributed by atoms with Crippen LogP contribution in [0, 0.1) is 5.41 Å². The van der Waals surface area contributed by atoms with Crippen LogP contribution in [0.3, 0.4) is 0 Å². The van der Waals surface area contributed by atoms with Crippen molar-refractivity contribution in [1.29, 1.82) is 0 Å². The summed E-state index contributed by atoms with van der Waals surface area (Å²) >= 11 is 0. The molecule has 0 aliphatic heterocycles. The zero-order valence-electron chi connectivity index (χ0n) is 11.5. The Kier molecular flexibility index (Phi) is 5.34. The first kappa shape index (κ1) is 14.7. The number of carbonyl (C=O) groups is 1. The molecule has 1 atom stereocenters. The van der Waals surface area contributed by atoms with Crippen LogP contribution >= 0.6 is 0 Å². The molecule has 18 heavy (non-hydrogen) atoms. The Morgan fingerprint density at radius 1 is 1.56 bits per heavy atom. The Morgan fingerprint density at radius 3 is 2.83 bits per heavy atom. The highest BCUT2D eigenvalue weighted by atomic mass is 16.1. The summed E-state index contributed by atoms with van der Waals surface area (Å²) in [5.74, 6) is 0.0776. The molecule has 5 nitrogen and oxygen atoms in total. The summed E-state index contributed by atoms with van der Waals surface area (Å²) in [6.07, 6.45) is 5.85. The van der Waals surface area contributed by atoms with Gasteiger partial charge in [0.15, 0.2) is 0 Å². The highest BCUT2D eigenvalue weighted by molar-refractivity contribution is 5.76. The minimum atomic E-state index is -0.00568. The van der Waals surface area contributed by atoms with Crippen LogP contribution in [-0.2, 0) is 4.79 Å². The predicted octanol–water partition coefficient (Wildman–Crippen LogP) is 1.74. The summed E-state index contributed by atoms with van der Waals surface area (Å²) in [6, 6.07) is -0.00568. The number of nitrogens with zero attached hydrogens (tertiary/aromatic N) is 1. The van der Waals surface area contributed by atoms with E-state index < -0.39 is 0 Å². The normalized spacial score (nSPS) is 13.3. The molecular weight excluding hydrogens is 228 g/mol. The molecule has 1 heterocycles. The Balaban J connectivity index is 2.34. The van der Waals surface area contributed by atoms with E-state index >= 15 is 0 Å². The van der Waals surface area contributed by atoms with Gasteiger partial charge in [-0.1, -0.05) is 13.8 Å². The Hall–Kier alpha value is -1.36. The van der Waals surface area contributed by atoms with Gasteiger partial charge in [-0.3, -0.25) is 9.89 Å². The summed E-state index contributed by atoms with van der Waals surface area (Å²) in [7, 11) is 0. The number of amides is 1. The maximum Gasteiger partial charge on any atom is 0.220 e. The van der Waals surface area contributed by atoms with Gasteiger partial charge in [-0.25, -0.2) is 0 Å². The summed E-state index contributed by atoms with van der Waals surface area (Å²) in [4.78, 5) is 11.8. The van der Waals surface area contributed by atoms with Gasteiger partial charge in [0.2, 0.25) is 5.91 Å². The van der Waals surface area contributed by atoms with Crippen LogP contribution in [-0.4, -0.2) is 22.6 Å². The average Bonchev–Trinajstić information content (AvgIpc) is 2.80. The number of carbonyl (C=O) groups excluding carboxylic acids is 1. The number of hydrogen-bond donors (Lipinski definition) is 3. The van der Waals surface area contributed by atoms with Crippen molar-refractivity contribution in [2.45, 2.75) is 46.1 Å². The van der Waals surface area contributed by atoms with E-state index in [2.05, 4.69) is 29.4 Å². The third-order valence-corrected chi connectivity index (χ3v) is 3.25. The van der Waals surface area contributed by atoms with Crippen molar-refractivity contribution in [3.63, 3.8) is 0 Å². The lowest BCUT2D eigenvalue weighted by molar-refractivity contribution is -0.122. The summed E-state index contributed by atoms with van der Waals surface area (Å²) < 4.78 is 0. The van der Waals surface area contributed by atoms with Crippen molar-refractivity contribution in [2.24, 2.45) is 11.1 Å². The molecule has 5 heteroatoms. The zero-order chi connectivity index (χ0) is 13.6. The molecule has 1 aromatic rings. The second-order valence-electron chi connectivity index (χ2n) is 5.52. The van der Waals surface area contributed by atoms with Crippen molar-refractivity contribution in [3.05, 3.63) is 18.0 Å². The summed E-state index contributed by atoms with van der Waals surface area (Å²) in [5, 5.41) is 9.58. The number of aromatic nitrogens is 2. The SMILES string of the molecule is CC(NC(=O)CCC(C)(C)CCN)c1cn[nH]c1. The minimum absolute atomic E-state index is 0.00568. The molecule has 1 unspecified atom stereocenters. The van der Waals surface area contributed by atoms with Crippen LogP contribution in [0.1, 0.15) is 51.6 Å². The number of rotatable bonds is 7. The number of nitrogens with two attached hydrogens (primary N) is 1. The Morgan fingerprint density at radius 2 is 2.28 bits per heavy atom. The van der Waals surface area contributed by atoms with Crippen molar-refractivity contribution >= 4 is 5.91 Å². The van der Waals surface area contributed by atoms with E-state index in [4.69, 9.17) is 5.73 Å². The number of hydrogen-bond acceptors (Lipinski definition) is 3. The fraction of sp³-hybridized carbons (Fsp3) is 0.692. The molecule has 4 N–H and O–H groups in total. The van der Waals surface area contributed by atoms with E-state index in [-0.39, 0.29) is 17.4 Å². The maximum atomic E-state index is 11.8. The fourth-order valence-electron chi connectivity index (χ4n) is 1.86. The van der Waals surface area contributed by atoms with Gasteiger partial charge in [0.1, 0.15) is 0 Å². The standard InChI is InChI=1S/C13H24N4O/c1-10(11-8-15-16-9-11)17-12(18)4-5-13(2,3)6-7-14/h8-10H,4-7,14H2,1-3H3,(H,15,16)(H,17,18). The number of H-pyrrole nitrogens is 1. The number of nitrogens with one attached hydrogen (secondary N) is 2. The molecule has 1 amide bonds. The first-order valence-corrected chi connectivity index (χ1v) is 6.43. The molecule has 0 radical (unpaired) electrons. The third-order valence-electron chi connectivity index (χ3n) is 3.25. The minimum Gasteiger partial charge on any atom is -0.349 e. The molecule has 0 aliphatic rings. The smallest absolute Gasteiger partial charge is 0.220 e.